The highest BCUT2D eigenvalue weighted by Gasteiger charge is 2.15. The fourth-order valence-corrected chi connectivity index (χ4v) is 2.36. The fraction of sp³-hybridized carbons (Fsp3) is 0.647. The van der Waals surface area contributed by atoms with Gasteiger partial charge in [-0.05, 0) is 37.4 Å². The summed E-state index contributed by atoms with van der Waals surface area (Å²) < 4.78 is 5.80. The molecule has 0 spiro atoms. The Kier molecular flexibility index (Phi) is 7.11. The molecule has 1 rings (SSSR count). The van der Waals surface area contributed by atoms with Crippen molar-refractivity contribution >= 4 is 0 Å². The Morgan fingerprint density at radius 1 is 1.21 bits per heavy atom. The number of hydrogen-bond acceptors (Lipinski definition) is 2. The molecule has 1 N–H and O–H groups in total. The molecule has 0 saturated heterocycles. The third-order valence-electron chi connectivity index (χ3n) is 3.53. The van der Waals surface area contributed by atoms with Gasteiger partial charge in [-0.1, -0.05) is 51.1 Å². The molecular weight excluding hydrogens is 234 g/mol. The first-order valence-corrected chi connectivity index (χ1v) is 7.32. The lowest BCUT2D eigenvalue weighted by molar-refractivity contribution is 0.111. The number of rotatable bonds is 9. The Morgan fingerprint density at radius 2 is 1.89 bits per heavy atom. The SMILES string of the molecule is CNCC(C)(C)CCCOCC(C)c1ccccc1. The lowest BCUT2D eigenvalue weighted by Gasteiger charge is -2.24. The summed E-state index contributed by atoms with van der Waals surface area (Å²) in [6.45, 7) is 9.57. The number of nitrogens with one attached hydrogen (secondary N) is 1. The van der Waals surface area contributed by atoms with E-state index in [4.69, 9.17) is 4.74 Å². The van der Waals surface area contributed by atoms with Gasteiger partial charge in [0.05, 0.1) is 6.61 Å². The zero-order valence-electron chi connectivity index (χ0n) is 12.9. The van der Waals surface area contributed by atoms with Crippen molar-refractivity contribution in [2.24, 2.45) is 5.41 Å². The summed E-state index contributed by atoms with van der Waals surface area (Å²) >= 11 is 0. The highest BCUT2D eigenvalue weighted by Crippen LogP contribution is 2.21. The van der Waals surface area contributed by atoms with Crippen molar-refractivity contribution in [1.29, 1.82) is 0 Å². The molecule has 0 saturated carbocycles. The zero-order valence-corrected chi connectivity index (χ0v) is 12.9. The largest absolute Gasteiger partial charge is 0.381 e. The van der Waals surface area contributed by atoms with Crippen molar-refractivity contribution in [2.75, 3.05) is 26.8 Å². The predicted molar refractivity (Wildman–Crippen MR) is 82.6 cm³/mol. The van der Waals surface area contributed by atoms with Crippen molar-refractivity contribution in [1.82, 2.24) is 5.32 Å². The maximum atomic E-state index is 5.80. The molecule has 0 bridgehead atoms. The van der Waals surface area contributed by atoms with E-state index in [0.717, 1.165) is 26.2 Å². The number of hydrogen-bond donors (Lipinski definition) is 1. The first-order chi connectivity index (χ1) is 9.05. The van der Waals surface area contributed by atoms with E-state index in [1.54, 1.807) is 0 Å². The van der Waals surface area contributed by atoms with E-state index in [-0.39, 0.29) is 0 Å². The Bertz CT molecular complexity index is 334. The molecule has 1 unspecified atom stereocenters. The van der Waals surface area contributed by atoms with Gasteiger partial charge in [0.15, 0.2) is 0 Å². The average molecular weight is 263 g/mol. The summed E-state index contributed by atoms with van der Waals surface area (Å²) in [6.07, 6.45) is 2.34. The second-order valence-electron chi connectivity index (χ2n) is 6.18. The third-order valence-corrected chi connectivity index (χ3v) is 3.53. The van der Waals surface area contributed by atoms with Crippen LogP contribution in [0.4, 0.5) is 0 Å². The van der Waals surface area contributed by atoms with E-state index in [1.165, 1.54) is 12.0 Å². The van der Waals surface area contributed by atoms with Gasteiger partial charge in [-0.15, -0.1) is 0 Å². The molecular formula is C17H29NO. The van der Waals surface area contributed by atoms with Crippen LogP contribution in [0.15, 0.2) is 30.3 Å². The minimum Gasteiger partial charge on any atom is -0.381 e. The molecule has 0 fully saturated rings. The van der Waals surface area contributed by atoms with Crippen LogP contribution in [0, 0.1) is 5.41 Å². The summed E-state index contributed by atoms with van der Waals surface area (Å²) in [4.78, 5) is 0. The van der Waals surface area contributed by atoms with E-state index in [1.807, 2.05) is 7.05 Å². The quantitative estimate of drug-likeness (QED) is 0.684. The molecule has 0 aliphatic heterocycles. The Morgan fingerprint density at radius 3 is 2.53 bits per heavy atom. The minimum absolute atomic E-state index is 0.364. The predicted octanol–water partition coefficient (Wildman–Crippen LogP) is 3.83. The van der Waals surface area contributed by atoms with E-state index in [9.17, 15) is 0 Å². The fourth-order valence-electron chi connectivity index (χ4n) is 2.36. The highest BCUT2D eigenvalue weighted by molar-refractivity contribution is 5.18. The lowest BCUT2D eigenvalue weighted by atomic mass is 9.88. The van der Waals surface area contributed by atoms with Crippen LogP contribution in [0.2, 0.25) is 0 Å². The van der Waals surface area contributed by atoms with Gasteiger partial charge in [-0.3, -0.25) is 0 Å². The van der Waals surface area contributed by atoms with Crippen molar-refractivity contribution in [3.05, 3.63) is 35.9 Å². The molecule has 0 amide bonds. The molecule has 108 valence electrons. The Balaban J connectivity index is 2.14. The minimum atomic E-state index is 0.364. The van der Waals surface area contributed by atoms with Gasteiger partial charge in [0.25, 0.3) is 0 Å². The van der Waals surface area contributed by atoms with Crippen LogP contribution in [0.3, 0.4) is 0 Å². The van der Waals surface area contributed by atoms with E-state index in [2.05, 4.69) is 56.4 Å². The summed E-state index contributed by atoms with van der Waals surface area (Å²) in [7, 11) is 2.01. The lowest BCUT2D eigenvalue weighted by Crippen LogP contribution is -2.26. The molecule has 19 heavy (non-hydrogen) atoms. The van der Waals surface area contributed by atoms with Crippen LogP contribution in [-0.2, 0) is 4.74 Å². The highest BCUT2D eigenvalue weighted by atomic mass is 16.5. The molecule has 0 aliphatic carbocycles. The monoisotopic (exact) mass is 263 g/mol. The van der Waals surface area contributed by atoms with Crippen LogP contribution in [0.1, 0.15) is 45.1 Å². The summed E-state index contributed by atoms with van der Waals surface area (Å²) in [5.41, 5.74) is 1.72. The second kappa shape index (κ2) is 8.34. The molecule has 0 aliphatic rings. The van der Waals surface area contributed by atoms with E-state index in [0.29, 0.717) is 11.3 Å². The number of ether oxygens (including phenoxy) is 1. The molecule has 2 heteroatoms. The standard InChI is InChI=1S/C17H29NO/c1-15(16-9-6-5-7-10-16)13-19-12-8-11-17(2,3)14-18-4/h5-7,9-10,15,18H,8,11-14H2,1-4H3. The van der Waals surface area contributed by atoms with Gasteiger partial charge in [-0.25, -0.2) is 0 Å². The topological polar surface area (TPSA) is 21.3 Å². The van der Waals surface area contributed by atoms with E-state index >= 15 is 0 Å². The van der Waals surface area contributed by atoms with Crippen molar-refractivity contribution in [3.63, 3.8) is 0 Å². The maximum Gasteiger partial charge on any atom is 0.0532 e. The van der Waals surface area contributed by atoms with Crippen molar-refractivity contribution < 1.29 is 4.74 Å². The van der Waals surface area contributed by atoms with Gasteiger partial charge >= 0.3 is 0 Å². The Labute approximate surface area is 118 Å². The zero-order chi connectivity index (χ0) is 14.1. The normalized spacial score (nSPS) is 13.5. The molecule has 0 radical (unpaired) electrons. The Hall–Kier alpha value is -0.860. The molecule has 2 nitrogen and oxygen atoms in total. The van der Waals surface area contributed by atoms with E-state index < -0.39 is 0 Å². The summed E-state index contributed by atoms with van der Waals surface area (Å²) in [6, 6.07) is 10.6. The van der Waals surface area contributed by atoms with Crippen molar-refractivity contribution in [2.45, 2.75) is 39.5 Å². The molecule has 1 atom stereocenters. The van der Waals surface area contributed by atoms with Gasteiger partial charge in [0.1, 0.15) is 0 Å². The first kappa shape index (κ1) is 16.2. The van der Waals surface area contributed by atoms with Crippen molar-refractivity contribution in [3.8, 4) is 0 Å². The molecule has 0 aromatic heterocycles. The van der Waals surface area contributed by atoms with Gasteiger partial charge in [-0.2, -0.15) is 0 Å². The molecule has 0 heterocycles. The smallest absolute Gasteiger partial charge is 0.0532 e. The average Bonchev–Trinajstić information content (AvgIpc) is 2.39. The van der Waals surface area contributed by atoms with Gasteiger partial charge < -0.3 is 10.1 Å². The second-order valence-corrected chi connectivity index (χ2v) is 6.18. The molecule has 1 aromatic rings. The summed E-state index contributed by atoms with van der Waals surface area (Å²) in [5.74, 6) is 0.478. The van der Waals surface area contributed by atoms with Crippen LogP contribution in [-0.4, -0.2) is 26.8 Å². The summed E-state index contributed by atoms with van der Waals surface area (Å²) in [5, 5.41) is 3.25. The molecule has 1 aromatic carbocycles. The third kappa shape index (κ3) is 6.74. The van der Waals surface area contributed by atoms with Crippen LogP contribution in [0.25, 0.3) is 0 Å². The van der Waals surface area contributed by atoms with Crippen LogP contribution < -0.4 is 5.32 Å². The van der Waals surface area contributed by atoms with Crippen LogP contribution >= 0.6 is 0 Å². The maximum absolute atomic E-state index is 5.80. The number of benzene rings is 1. The van der Waals surface area contributed by atoms with Crippen LogP contribution in [0.5, 0.6) is 0 Å². The van der Waals surface area contributed by atoms with Gasteiger partial charge in [0, 0.05) is 12.5 Å². The first-order valence-electron chi connectivity index (χ1n) is 7.32. The van der Waals surface area contributed by atoms with Gasteiger partial charge in [0.2, 0.25) is 0 Å².